The molecule has 0 fully saturated rings. The van der Waals surface area contributed by atoms with Crippen LogP contribution in [0.1, 0.15) is 18.1 Å². The molecule has 0 aliphatic heterocycles. The van der Waals surface area contributed by atoms with Crippen molar-refractivity contribution in [3.8, 4) is 5.75 Å². The lowest BCUT2D eigenvalue weighted by atomic mass is 9.85. The van der Waals surface area contributed by atoms with Crippen LogP contribution in [0.3, 0.4) is 0 Å². The Morgan fingerprint density at radius 1 is 1.05 bits per heavy atom. The molecule has 2 N–H and O–H groups in total. The second-order valence-electron chi connectivity index (χ2n) is 4.76. The number of nitrogens with two attached hydrogens (primary N) is 1. The lowest BCUT2D eigenvalue weighted by Crippen LogP contribution is -2.34. The highest BCUT2D eigenvalue weighted by atomic mass is 35.5. The summed E-state index contributed by atoms with van der Waals surface area (Å²) in [5.41, 5.74) is 6.32. The molecule has 2 aromatic rings. The van der Waals surface area contributed by atoms with Gasteiger partial charge in [-0.3, -0.25) is 0 Å². The van der Waals surface area contributed by atoms with Crippen LogP contribution in [0.5, 0.6) is 5.75 Å². The average Bonchev–Trinajstić information content (AvgIpc) is 2.37. The van der Waals surface area contributed by atoms with E-state index in [9.17, 15) is 13.2 Å². The zero-order chi connectivity index (χ0) is 15.7. The van der Waals surface area contributed by atoms with Crippen molar-refractivity contribution in [2.75, 3.05) is 0 Å². The smallest absolute Gasteiger partial charge is 0.406 e. The fraction of sp³-hybridized carbons (Fsp3) is 0.200. The lowest BCUT2D eigenvalue weighted by Gasteiger charge is -2.27. The molecule has 0 amide bonds. The predicted molar refractivity (Wildman–Crippen MR) is 75.2 cm³/mol. The van der Waals surface area contributed by atoms with Crippen LogP contribution in [0.4, 0.5) is 13.2 Å². The van der Waals surface area contributed by atoms with Crippen molar-refractivity contribution in [1.82, 2.24) is 0 Å². The zero-order valence-corrected chi connectivity index (χ0v) is 11.9. The number of hydrogen-bond acceptors (Lipinski definition) is 2. The molecule has 2 rings (SSSR count). The summed E-state index contributed by atoms with van der Waals surface area (Å²) in [4.78, 5) is 0. The van der Waals surface area contributed by atoms with Gasteiger partial charge in [0.15, 0.2) is 0 Å². The molecule has 0 saturated heterocycles. The molecule has 6 heteroatoms. The maximum absolute atomic E-state index is 12.3. The standard InChI is InChI=1S/C15H13ClF3NO/c1-14(20,12-7-2-3-8-13(12)16)10-5-4-6-11(9-10)21-15(17,18)19/h2-9H,20H2,1H3. The predicted octanol–water partition coefficient (Wildman–Crippen LogP) is 4.46. The van der Waals surface area contributed by atoms with Crippen molar-refractivity contribution in [2.24, 2.45) is 5.73 Å². The van der Waals surface area contributed by atoms with Gasteiger partial charge >= 0.3 is 6.36 Å². The lowest BCUT2D eigenvalue weighted by molar-refractivity contribution is -0.274. The van der Waals surface area contributed by atoms with Crippen molar-refractivity contribution in [1.29, 1.82) is 0 Å². The topological polar surface area (TPSA) is 35.2 Å². The maximum Gasteiger partial charge on any atom is 0.573 e. The molecule has 0 aliphatic carbocycles. The van der Waals surface area contributed by atoms with Gasteiger partial charge in [0, 0.05) is 5.02 Å². The van der Waals surface area contributed by atoms with Crippen LogP contribution in [0.2, 0.25) is 5.02 Å². The number of halogens is 4. The summed E-state index contributed by atoms with van der Waals surface area (Å²) in [5, 5.41) is 0.449. The molecular weight excluding hydrogens is 303 g/mol. The van der Waals surface area contributed by atoms with E-state index in [1.165, 1.54) is 18.2 Å². The van der Waals surface area contributed by atoms with Crippen molar-refractivity contribution in [2.45, 2.75) is 18.8 Å². The van der Waals surface area contributed by atoms with Crippen molar-refractivity contribution in [3.05, 3.63) is 64.7 Å². The Hall–Kier alpha value is -1.72. The van der Waals surface area contributed by atoms with Crippen LogP contribution in [-0.4, -0.2) is 6.36 Å². The Labute approximate surface area is 125 Å². The molecule has 1 unspecified atom stereocenters. The van der Waals surface area contributed by atoms with Crippen LogP contribution in [0.25, 0.3) is 0 Å². The summed E-state index contributed by atoms with van der Waals surface area (Å²) in [6, 6.07) is 12.5. The fourth-order valence-electron chi connectivity index (χ4n) is 2.05. The minimum atomic E-state index is -4.74. The number of hydrogen-bond donors (Lipinski definition) is 1. The molecular formula is C15H13ClF3NO. The third kappa shape index (κ3) is 3.68. The minimum absolute atomic E-state index is 0.316. The highest BCUT2D eigenvalue weighted by Crippen LogP contribution is 2.34. The molecule has 0 bridgehead atoms. The molecule has 112 valence electrons. The zero-order valence-electron chi connectivity index (χ0n) is 11.1. The van der Waals surface area contributed by atoms with Gasteiger partial charge in [0.25, 0.3) is 0 Å². The van der Waals surface area contributed by atoms with E-state index in [1.54, 1.807) is 37.3 Å². The van der Waals surface area contributed by atoms with Gasteiger partial charge in [-0.2, -0.15) is 0 Å². The fourth-order valence-corrected chi connectivity index (χ4v) is 2.39. The summed E-state index contributed by atoms with van der Waals surface area (Å²) in [6.45, 7) is 1.68. The van der Waals surface area contributed by atoms with E-state index < -0.39 is 11.9 Å². The number of alkyl halides is 3. The Bertz CT molecular complexity index is 641. The van der Waals surface area contributed by atoms with E-state index >= 15 is 0 Å². The SMILES string of the molecule is CC(N)(c1cccc(OC(F)(F)F)c1)c1ccccc1Cl. The molecule has 2 aromatic carbocycles. The average molecular weight is 316 g/mol. The first kappa shape index (κ1) is 15.7. The van der Waals surface area contributed by atoms with E-state index in [-0.39, 0.29) is 5.75 Å². The first-order valence-corrected chi connectivity index (χ1v) is 6.48. The van der Waals surface area contributed by atoms with Gasteiger partial charge in [-0.1, -0.05) is 41.9 Å². The first-order chi connectivity index (χ1) is 9.70. The van der Waals surface area contributed by atoms with Gasteiger partial charge in [0.05, 0.1) is 5.54 Å². The van der Waals surface area contributed by atoms with Crippen molar-refractivity contribution in [3.63, 3.8) is 0 Å². The van der Waals surface area contributed by atoms with E-state index in [4.69, 9.17) is 17.3 Å². The van der Waals surface area contributed by atoms with Crippen LogP contribution in [-0.2, 0) is 5.54 Å². The normalized spacial score (nSPS) is 14.6. The third-order valence-corrected chi connectivity index (χ3v) is 3.43. The molecule has 0 aromatic heterocycles. The van der Waals surface area contributed by atoms with Crippen LogP contribution >= 0.6 is 11.6 Å². The summed E-state index contributed by atoms with van der Waals surface area (Å²) in [6.07, 6.45) is -4.74. The Morgan fingerprint density at radius 2 is 1.71 bits per heavy atom. The van der Waals surface area contributed by atoms with Crippen LogP contribution in [0.15, 0.2) is 48.5 Å². The number of ether oxygens (including phenoxy) is 1. The summed E-state index contributed by atoms with van der Waals surface area (Å²) < 4.78 is 40.8. The second kappa shape index (κ2) is 5.58. The largest absolute Gasteiger partial charge is 0.573 e. The minimum Gasteiger partial charge on any atom is -0.406 e. The summed E-state index contributed by atoms with van der Waals surface area (Å²) >= 11 is 6.11. The van der Waals surface area contributed by atoms with Gasteiger partial charge < -0.3 is 10.5 Å². The summed E-state index contributed by atoms with van der Waals surface area (Å²) in [5.74, 6) is -0.316. The van der Waals surface area contributed by atoms with Crippen molar-refractivity contribution >= 4 is 11.6 Å². The Balaban J connectivity index is 2.41. The molecule has 21 heavy (non-hydrogen) atoms. The van der Waals surface area contributed by atoms with Gasteiger partial charge in [-0.15, -0.1) is 13.2 Å². The van der Waals surface area contributed by atoms with Gasteiger partial charge in [0.2, 0.25) is 0 Å². The maximum atomic E-state index is 12.3. The molecule has 0 radical (unpaired) electrons. The number of rotatable bonds is 3. The molecule has 0 saturated carbocycles. The van der Waals surface area contributed by atoms with E-state index in [0.29, 0.717) is 16.1 Å². The molecule has 0 spiro atoms. The molecule has 2 nitrogen and oxygen atoms in total. The number of benzene rings is 2. The molecule has 1 atom stereocenters. The van der Waals surface area contributed by atoms with Crippen LogP contribution < -0.4 is 10.5 Å². The van der Waals surface area contributed by atoms with E-state index in [2.05, 4.69) is 4.74 Å². The first-order valence-electron chi connectivity index (χ1n) is 6.10. The van der Waals surface area contributed by atoms with Gasteiger partial charge in [-0.05, 0) is 36.2 Å². The monoisotopic (exact) mass is 315 g/mol. The highest BCUT2D eigenvalue weighted by Gasteiger charge is 2.32. The Kier molecular flexibility index (Phi) is 4.16. The van der Waals surface area contributed by atoms with E-state index in [1.807, 2.05) is 0 Å². The third-order valence-electron chi connectivity index (χ3n) is 3.10. The molecule has 0 aliphatic rings. The van der Waals surface area contributed by atoms with Crippen LogP contribution in [0, 0.1) is 0 Å². The van der Waals surface area contributed by atoms with E-state index in [0.717, 1.165) is 0 Å². The van der Waals surface area contributed by atoms with Gasteiger partial charge in [0.1, 0.15) is 5.75 Å². The molecule has 0 heterocycles. The quantitative estimate of drug-likeness (QED) is 0.907. The highest BCUT2D eigenvalue weighted by molar-refractivity contribution is 6.31. The van der Waals surface area contributed by atoms with Crippen molar-refractivity contribution < 1.29 is 17.9 Å². The second-order valence-corrected chi connectivity index (χ2v) is 5.17. The summed E-state index contributed by atoms with van der Waals surface area (Å²) in [7, 11) is 0. The Morgan fingerprint density at radius 3 is 2.33 bits per heavy atom. The van der Waals surface area contributed by atoms with Gasteiger partial charge in [-0.25, -0.2) is 0 Å².